The molecule has 7 nitrogen and oxygen atoms in total. The number of nitrogens with zero attached hydrogens (tertiary/aromatic N) is 3. The quantitative estimate of drug-likeness (QED) is 0.189. The zero-order valence-corrected chi connectivity index (χ0v) is 42.8. The SMILES string of the molecule is COc1ccc2c(c1)CC(CC(=O)N1CCC([C@H]3c4ncc(Br)cc4CCc4cc(Cl)cc(Br)c43)CC1)C2=O.Clc1cc(Br)c2c(c1)CCc1cc(Br)cnc1[C@@H]2C1CCNCC1. The Labute approximate surface area is 413 Å². The van der Waals surface area contributed by atoms with Crippen molar-refractivity contribution in [3.63, 3.8) is 0 Å². The molecule has 328 valence electrons. The van der Waals surface area contributed by atoms with Crippen LogP contribution in [0.1, 0.15) is 105 Å². The Bertz CT molecular complexity index is 2580. The first-order chi connectivity index (χ1) is 30.4. The number of fused-ring (bicyclic) bond motifs is 5. The molecule has 5 aromatic rings. The van der Waals surface area contributed by atoms with E-state index < -0.39 is 0 Å². The average molecular weight is 1140 g/mol. The van der Waals surface area contributed by atoms with Crippen molar-refractivity contribution in [2.45, 2.75) is 76.0 Å². The number of carbonyl (C=O) groups excluding carboxylic acids is 2. The standard InChI is InChI=1S/C31H29Br2ClN2O3.C19H19Br2ClN2/c1-39-24-4-5-25-20(13-24)10-21(31(25)38)14-27(37)36-8-6-17(7-9-36)29-28-18(12-23(34)15-26(28)33)2-3-19-11-22(32)16-35-30(19)29;20-14-7-13-2-1-12-8-15(22)9-16(21)17(12)18(19(13)24-10-14)11-3-5-23-6-4-11/h4-5,11-13,15-17,21,29H,2-3,6-10,14H2,1H3;7-11,18,23H,1-6H2/t21?,29-;18-/m11/s1. The number of pyridine rings is 2. The van der Waals surface area contributed by atoms with Gasteiger partial charge in [-0.25, -0.2) is 0 Å². The van der Waals surface area contributed by atoms with Gasteiger partial charge in [-0.05, 0) is 208 Å². The van der Waals surface area contributed by atoms with Gasteiger partial charge in [-0.2, -0.15) is 0 Å². The number of amides is 1. The molecular weight excluding hydrogens is 1100 g/mol. The predicted molar refractivity (Wildman–Crippen MR) is 265 cm³/mol. The number of aromatic nitrogens is 2. The van der Waals surface area contributed by atoms with Crippen LogP contribution in [-0.2, 0) is 36.9 Å². The minimum Gasteiger partial charge on any atom is -0.497 e. The van der Waals surface area contributed by atoms with Gasteiger partial charge in [-0.3, -0.25) is 19.6 Å². The summed E-state index contributed by atoms with van der Waals surface area (Å²) in [6, 6.07) is 18.3. The molecule has 0 saturated carbocycles. The highest BCUT2D eigenvalue weighted by Gasteiger charge is 2.39. The normalized spacial score (nSPS) is 20.8. The highest BCUT2D eigenvalue weighted by molar-refractivity contribution is 9.11. The molecule has 2 saturated heterocycles. The summed E-state index contributed by atoms with van der Waals surface area (Å²) in [5.74, 6) is 2.05. The fraction of sp³-hybridized carbons (Fsp3) is 0.400. The molecular formula is C50H48Br4Cl2N4O3. The van der Waals surface area contributed by atoms with E-state index in [1.165, 1.54) is 51.9 Å². The monoisotopic (exact) mass is 1140 g/mol. The predicted octanol–water partition coefficient (Wildman–Crippen LogP) is 12.7. The van der Waals surface area contributed by atoms with Gasteiger partial charge in [0.05, 0.1) is 18.5 Å². The van der Waals surface area contributed by atoms with Gasteiger partial charge in [0, 0.05) is 83.2 Å². The number of hydrogen-bond donors (Lipinski definition) is 1. The first-order valence-corrected chi connectivity index (χ1v) is 25.8. The summed E-state index contributed by atoms with van der Waals surface area (Å²) >= 11 is 27.6. The summed E-state index contributed by atoms with van der Waals surface area (Å²) in [7, 11) is 1.62. The van der Waals surface area contributed by atoms with Crippen molar-refractivity contribution in [2.75, 3.05) is 33.3 Å². The first kappa shape index (κ1) is 45.5. The van der Waals surface area contributed by atoms with Crippen molar-refractivity contribution >= 4 is 98.6 Å². The van der Waals surface area contributed by atoms with Crippen LogP contribution in [0.5, 0.6) is 5.75 Å². The van der Waals surface area contributed by atoms with Crippen LogP contribution in [0.2, 0.25) is 10.0 Å². The smallest absolute Gasteiger partial charge is 0.223 e. The molecule has 3 aliphatic carbocycles. The van der Waals surface area contributed by atoms with Gasteiger partial charge in [-0.1, -0.05) is 55.1 Å². The lowest BCUT2D eigenvalue weighted by molar-refractivity contribution is -0.133. The van der Waals surface area contributed by atoms with Crippen molar-refractivity contribution in [1.29, 1.82) is 0 Å². The van der Waals surface area contributed by atoms with Crippen LogP contribution >= 0.6 is 86.9 Å². The number of benzene rings is 3. The number of aryl methyl sites for hydroxylation is 4. The number of ether oxygens (including phenoxy) is 1. The molecule has 2 aromatic heterocycles. The van der Waals surface area contributed by atoms with Crippen LogP contribution in [0.15, 0.2) is 84.9 Å². The van der Waals surface area contributed by atoms with Crippen molar-refractivity contribution in [3.8, 4) is 5.75 Å². The van der Waals surface area contributed by atoms with Gasteiger partial charge in [-0.15, -0.1) is 0 Å². The van der Waals surface area contributed by atoms with Crippen LogP contribution in [0.4, 0.5) is 0 Å². The minimum atomic E-state index is -0.290. The fourth-order valence-corrected chi connectivity index (χ4v) is 13.9. The molecule has 0 bridgehead atoms. The van der Waals surface area contributed by atoms with Gasteiger partial charge in [0.1, 0.15) is 5.75 Å². The topological polar surface area (TPSA) is 84.4 Å². The van der Waals surface area contributed by atoms with E-state index in [1.54, 1.807) is 7.11 Å². The number of nitrogens with one attached hydrogen (secondary N) is 1. The Kier molecular flexibility index (Phi) is 14.2. The Morgan fingerprint density at radius 2 is 1.24 bits per heavy atom. The van der Waals surface area contributed by atoms with Crippen LogP contribution in [0.25, 0.3) is 0 Å². The molecule has 0 spiro atoms. The molecule has 10 rings (SSSR count). The summed E-state index contributed by atoms with van der Waals surface area (Å²) < 4.78 is 9.53. The third-order valence-electron chi connectivity index (χ3n) is 13.9. The number of carbonyl (C=O) groups is 2. The van der Waals surface area contributed by atoms with Crippen molar-refractivity contribution in [1.82, 2.24) is 20.2 Å². The largest absolute Gasteiger partial charge is 0.497 e. The Hall–Kier alpha value is -2.64. The third kappa shape index (κ3) is 9.64. The zero-order valence-electron chi connectivity index (χ0n) is 35.0. The fourth-order valence-electron chi connectivity index (χ4n) is 10.9. The van der Waals surface area contributed by atoms with Crippen molar-refractivity contribution < 1.29 is 14.3 Å². The molecule has 1 amide bonds. The Morgan fingerprint density at radius 1 is 0.714 bits per heavy atom. The molecule has 4 heterocycles. The lowest BCUT2D eigenvalue weighted by Gasteiger charge is -2.37. The number of rotatable bonds is 5. The van der Waals surface area contributed by atoms with Crippen molar-refractivity contribution in [2.24, 2.45) is 17.8 Å². The van der Waals surface area contributed by atoms with E-state index in [1.807, 2.05) is 47.6 Å². The maximum atomic E-state index is 13.3. The van der Waals surface area contributed by atoms with Gasteiger partial charge in [0.25, 0.3) is 0 Å². The van der Waals surface area contributed by atoms with E-state index in [0.717, 1.165) is 102 Å². The summed E-state index contributed by atoms with van der Waals surface area (Å²) in [6.07, 6.45) is 12.7. The van der Waals surface area contributed by atoms with Gasteiger partial charge >= 0.3 is 0 Å². The summed E-state index contributed by atoms with van der Waals surface area (Å²) in [4.78, 5) is 38.1. The molecule has 2 fully saturated rings. The zero-order chi connectivity index (χ0) is 43.9. The minimum absolute atomic E-state index is 0.0725. The van der Waals surface area contributed by atoms with Crippen LogP contribution < -0.4 is 10.1 Å². The van der Waals surface area contributed by atoms with Gasteiger partial charge in [0.15, 0.2) is 5.78 Å². The Morgan fingerprint density at radius 3 is 1.78 bits per heavy atom. The molecule has 3 atom stereocenters. The second kappa shape index (κ2) is 19.7. The second-order valence-corrected chi connectivity index (χ2v) is 22.0. The summed E-state index contributed by atoms with van der Waals surface area (Å²) in [5, 5.41) is 5.04. The Balaban J connectivity index is 0.000000179. The lowest BCUT2D eigenvalue weighted by atomic mass is 9.76. The van der Waals surface area contributed by atoms with Gasteiger partial charge < -0.3 is 15.0 Å². The molecule has 2 aliphatic heterocycles. The molecule has 1 N–H and O–H groups in total. The maximum absolute atomic E-state index is 13.3. The second-order valence-electron chi connectivity index (χ2n) is 17.6. The van der Waals surface area contributed by atoms with Crippen LogP contribution in [-0.4, -0.2) is 59.8 Å². The summed E-state index contributed by atoms with van der Waals surface area (Å²) in [6.45, 7) is 3.56. The average Bonchev–Trinajstić information content (AvgIpc) is 3.38. The van der Waals surface area contributed by atoms with E-state index in [2.05, 4.69) is 93.3 Å². The number of piperidine rings is 2. The number of ketones is 1. The molecule has 3 aromatic carbocycles. The molecule has 0 radical (unpaired) electrons. The van der Waals surface area contributed by atoms with E-state index in [0.29, 0.717) is 37.3 Å². The van der Waals surface area contributed by atoms with E-state index in [9.17, 15) is 9.59 Å². The van der Waals surface area contributed by atoms with Gasteiger partial charge in [0.2, 0.25) is 5.91 Å². The third-order valence-corrected chi connectivity index (χ3v) is 16.5. The number of likely N-dealkylation sites (tertiary alicyclic amines) is 1. The van der Waals surface area contributed by atoms with E-state index in [4.69, 9.17) is 37.9 Å². The highest BCUT2D eigenvalue weighted by Crippen LogP contribution is 2.48. The highest BCUT2D eigenvalue weighted by atomic mass is 79.9. The number of hydrogen-bond acceptors (Lipinski definition) is 6. The van der Waals surface area contributed by atoms with E-state index in [-0.39, 0.29) is 29.9 Å². The van der Waals surface area contributed by atoms with Crippen molar-refractivity contribution in [3.05, 3.63) is 151 Å². The number of Topliss-reactive ketones (excluding diaryl/α,β-unsaturated/α-hetero) is 1. The van der Waals surface area contributed by atoms with Crippen LogP contribution in [0, 0.1) is 17.8 Å². The first-order valence-electron chi connectivity index (χ1n) is 21.9. The van der Waals surface area contributed by atoms with E-state index >= 15 is 0 Å². The van der Waals surface area contributed by atoms with Crippen LogP contribution in [0.3, 0.4) is 0 Å². The maximum Gasteiger partial charge on any atom is 0.223 e. The number of halogens is 6. The lowest BCUT2D eigenvalue weighted by Crippen LogP contribution is -2.41. The summed E-state index contributed by atoms with van der Waals surface area (Å²) in [5.41, 5.74) is 12.0. The molecule has 1 unspecified atom stereocenters. The molecule has 13 heteroatoms. The molecule has 63 heavy (non-hydrogen) atoms. The number of methoxy groups -OCH3 is 1. The molecule has 5 aliphatic rings.